The number of thioether (sulfide) groups is 1. The van der Waals surface area contributed by atoms with Gasteiger partial charge in [-0.05, 0) is 18.2 Å². The van der Waals surface area contributed by atoms with Crippen molar-refractivity contribution >= 4 is 40.6 Å². The first-order valence-corrected chi connectivity index (χ1v) is 8.18. The number of alkyl halides is 3. The second-order valence-electron chi connectivity index (χ2n) is 4.74. The minimum Gasteiger partial charge on any atom is -0.276 e. The van der Waals surface area contributed by atoms with E-state index < -0.39 is 17.6 Å². The predicted molar refractivity (Wildman–Crippen MR) is 84.0 cm³/mol. The van der Waals surface area contributed by atoms with Crippen molar-refractivity contribution in [2.24, 2.45) is 0 Å². The van der Waals surface area contributed by atoms with E-state index in [9.17, 15) is 17.6 Å². The van der Waals surface area contributed by atoms with Crippen LogP contribution < -0.4 is 0 Å². The van der Waals surface area contributed by atoms with E-state index in [2.05, 4.69) is 10.2 Å². The van der Waals surface area contributed by atoms with Crippen LogP contribution in [0.5, 0.6) is 0 Å². The van der Waals surface area contributed by atoms with E-state index in [1.54, 1.807) is 0 Å². The highest BCUT2D eigenvalue weighted by atomic mass is 35.5. The first kappa shape index (κ1) is 17.3. The largest absolute Gasteiger partial charge is 0.417 e. The monoisotopic (exact) mass is 395 g/mol. The number of hydrogen-bond acceptors (Lipinski definition) is 3. The third-order valence-electron chi connectivity index (χ3n) is 3.16. The van der Waals surface area contributed by atoms with Gasteiger partial charge in [0.05, 0.1) is 10.6 Å². The van der Waals surface area contributed by atoms with E-state index in [0.29, 0.717) is 0 Å². The number of nitrogens with zero attached hydrogens (tertiary/aromatic N) is 3. The summed E-state index contributed by atoms with van der Waals surface area (Å²) in [6.45, 7) is 0. The lowest BCUT2D eigenvalue weighted by Gasteiger charge is -2.09. The van der Waals surface area contributed by atoms with Crippen molar-refractivity contribution in [3.63, 3.8) is 0 Å². The molecule has 3 rings (SSSR count). The number of pyridine rings is 1. The Morgan fingerprint density at radius 1 is 1.12 bits per heavy atom. The van der Waals surface area contributed by atoms with Gasteiger partial charge in [0.25, 0.3) is 0 Å². The van der Waals surface area contributed by atoms with E-state index >= 15 is 0 Å². The molecule has 0 spiro atoms. The zero-order valence-corrected chi connectivity index (χ0v) is 13.9. The van der Waals surface area contributed by atoms with Gasteiger partial charge in [-0.1, -0.05) is 41.0 Å². The Kier molecular flexibility index (Phi) is 4.63. The minimum atomic E-state index is -4.56. The van der Waals surface area contributed by atoms with E-state index in [1.165, 1.54) is 18.2 Å². The molecular weight excluding hydrogens is 389 g/mol. The topological polar surface area (TPSA) is 30.2 Å². The van der Waals surface area contributed by atoms with Gasteiger partial charge < -0.3 is 0 Å². The molecule has 1 aromatic carbocycles. The summed E-state index contributed by atoms with van der Waals surface area (Å²) in [4.78, 5) is 0. The smallest absolute Gasteiger partial charge is 0.276 e. The van der Waals surface area contributed by atoms with Crippen LogP contribution in [-0.4, -0.2) is 14.6 Å². The van der Waals surface area contributed by atoms with E-state index in [-0.39, 0.29) is 32.2 Å². The third kappa shape index (κ3) is 3.31. The molecule has 0 aliphatic heterocycles. The second kappa shape index (κ2) is 6.42. The molecule has 2 aromatic heterocycles. The van der Waals surface area contributed by atoms with Crippen LogP contribution in [0, 0.1) is 5.82 Å². The SMILES string of the molecule is Fc1cccc(Cl)c1CSc1nnc2c(Cl)cc(C(F)(F)F)cn12. The first-order valence-electron chi connectivity index (χ1n) is 6.44. The van der Waals surface area contributed by atoms with Crippen molar-refractivity contribution in [1.82, 2.24) is 14.6 Å². The van der Waals surface area contributed by atoms with E-state index in [1.807, 2.05) is 0 Å². The average molecular weight is 396 g/mol. The third-order valence-corrected chi connectivity index (χ3v) is 4.76. The molecule has 0 fully saturated rings. The van der Waals surface area contributed by atoms with Gasteiger partial charge in [-0.25, -0.2) is 4.39 Å². The first-order chi connectivity index (χ1) is 11.3. The number of fused-ring (bicyclic) bond motifs is 1. The van der Waals surface area contributed by atoms with Crippen molar-refractivity contribution in [2.45, 2.75) is 17.1 Å². The van der Waals surface area contributed by atoms with Crippen LogP contribution in [-0.2, 0) is 11.9 Å². The lowest BCUT2D eigenvalue weighted by atomic mass is 10.2. The fourth-order valence-corrected chi connectivity index (χ4v) is 3.49. The molecule has 0 N–H and O–H groups in total. The molecule has 126 valence electrons. The van der Waals surface area contributed by atoms with Crippen molar-refractivity contribution in [1.29, 1.82) is 0 Å². The van der Waals surface area contributed by atoms with Crippen LogP contribution in [0.15, 0.2) is 35.6 Å². The number of halogens is 6. The fraction of sp³-hybridized carbons (Fsp3) is 0.143. The number of benzene rings is 1. The molecule has 3 nitrogen and oxygen atoms in total. The van der Waals surface area contributed by atoms with Gasteiger partial charge in [0.15, 0.2) is 10.8 Å². The zero-order valence-electron chi connectivity index (χ0n) is 11.6. The second-order valence-corrected chi connectivity index (χ2v) is 6.50. The number of aromatic nitrogens is 3. The lowest BCUT2D eigenvalue weighted by Crippen LogP contribution is -2.07. The highest BCUT2D eigenvalue weighted by Crippen LogP contribution is 2.34. The number of hydrogen-bond donors (Lipinski definition) is 0. The predicted octanol–water partition coefficient (Wildman–Crippen LogP) is 5.49. The lowest BCUT2D eigenvalue weighted by molar-refractivity contribution is -0.137. The van der Waals surface area contributed by atoms with Crippen molar-refractivity contribution < 1.29 is 17.6 Å². The summed E-state index contributed by atoms with van der Waals surface area (Å²) < 4.78 is 53.6. The van der Waals surface area contributed by atoms with Crippen LogP contribution in [0.3, 0.4) is 0 Å². The van der Waals surface area contributed by atoms with Crippen LogP contribution in [0.1, 0.15) is 11.1 Å². The van der Waals surface area contributed by atoms with Crippen LogP contribution in [0.2, 0.25) is 10.0 Å². The summed E-state index contributed by atoms with van der Waals surface area (Å²) in [5.41, 5.74) is -0.601. The fourth-order valence-electron chi connectivity index (χ4n) is 1.99. The Bertz CT molecular complexity index is 891. The van der Waals surface area contributed by atoms with Gasteiger partial charge in [-0.2, -0.15) is 13.2 Å². The van der Waals surface area contributed by atoms with Crippen LogP contribution >= 0.6 is 35.0 Å². The van der Waals surface area contributed by atoms with E-state index in [0.717, 1.165) is 28.4 Å². The Balaban J connectivity index is 1.97. The minimum absolute atomic E-state index is 0.0835. The molecule has 0 atom stereocenters. The van der Waals surface area contributed by atoms with Crippen molar-refractivity contribution in [2.75, 3.05) is 0 Å². The van der Waals surface area contributed by atoms with Gasteiger partial charge in [0.2, 0.25) is 0 Å². The molecule has 10 heteroatoms. The van der Waals surface area contributed by atoms with Gasteiger partial charge in [0, 0.05) is 22.5 Å². The molecular formula is C14H7Cl2F4N3S. The number of rotatable bonds is 3. The molecule has 0 aliphatic rings. The summed E-state index contributed by atoms with van der Waals surface area (Å²) in [7, 11) is 0. The molecule has 0 aliphatic carbocycles. The molecule has 0 bridgehead atoms. The summed E-state index contributed by atoms with van der Waals surface area (Å²) in [6, 6.07) is 5.03. The summed E-state index contributed by atoms with van der Waals surface area (Å²) >= 11 is 12.8. The Morgan fingerprint density at radius 2 is 1.88 bits per heavy atom. The molecule has 0 unspecified atom stereocenters. The summed E-state index contributed by atoms with van der Waals surface area (Å²) in [5.74, 6) is -0.419. The zero-order chi connectivity index (χ0) is 17.5. The molecule has 2 heterocycles. The molecule has 0 saturated heterocycles. The van der Waals surface area contributed by atoms with Gasteiger partial charge >= 0.3 is 6.18 Å². The normalized spacial score (nSPS) is 12.1. The highest BCUT2D eigenvalue weighted by molar-refractivity contribution is 7.98. The van der Waals surface area contributed by atoms with E-state index in [4.69, 9.17) is 23.2 Å². The average Bonchev–Trinajstić information content (AvgIpc) is 2.90. The molecule has 0 amide bonds. The van der Waals surface area contributed by atoms with Crippen molar-refractivity contribution in [3.05, 3.63) is 57.5 Å². The molecule has 3 aromatic rings. The molecule has 0 radical (unpaired) electrons. The maximum atomic E-state index is 13.8. The molecule has 0 saturated carbocycles. The highest BCUT2D eigenvalue weighted by Gasteiger charge is 2.32. The quantitative estimate of drug-likeness (QED) is 0.434. The van der Waals surface area contributed by atoms with Gasteiger partial charge in [-0.15, -0.1) is 10.2 Å². The van der Waals surface area contributed by atoms with Gasteiger partial charge in [0.1, 0.15) is 5.82 Å². The maximum Gasteiger partial charge on any atom is 0.417 e. The van der Waals surface area contributed by atoms with Crippen molar-refractivity contribution in [3.8, 4) is 0 Å². The van der Waals surface area contributed by atoms with Gasteiger partial charge in [-0.3, -0.25) is 4.40 Å². The standard InChI is InChI=1S/C14H7Cl2F4N3S/c15-9-2-1-3-11(17)8(9)6-24-13-22-21-12-10(16)4-7(5-23(12)13)14(18,19)20/h1-5H,6H2. The summed E-state index contributed by atoms with van der Waals surface area (Å²) in [5, 5.41) is 7.78. The van der Waals surface area contributed by atoms with Crippen LogP contribution in [0.4, 0.5) is 17.6 Å². The molecule has 24 heavy (non-hydrogen) atoms. The maximum absolute atomic E-state index is 13.8. The van der Waals surface area contributed by atoms with Crippen LogP contribution in [0.25, 0.3) is 5.65 Å². The summed E-state index contributed by atoms with van der Waals surface area (Å²) in [6.07, 6.45) is -3.70. The Morgan fingerprint density at radius 3 is 2.54 bits per heavy atom. The Hall–Kier alpha value is -1.51. The Labute approximate surface area is 147 Å².